The predicted octanol–water partition coefficient (Wildman–Crippen LogP) is 4.30. The molecule has 1 aliphatic rings. The summed E-state index contributed by atoms with van der Waals surface area (Å²) < 4.78 is 0. The zero-order valence-electron chi connectivity index (χ0n) is 13.5. The van der Waals surface area contributed by atoms with Gasteiger partial charge in [-0.15, -0.1) is 11.3 Å². The molecule has 114 valence electrons. The highest BCUT2D eigenvalue weighted by molar-refractivity contribution is 7.10. The molecule has 0 saturated heterocycles. The van der Waals surface area contributed by atoms with E-state index in [2.05, 4.69) is 55.7 Å². The van der Waals surface area contributed by atoms with Crippen LogP contribution in [0.5, 0.6) is 0 Å². The first-order chi connectivity index (χ1) is 9.55. The Kier molecular flexibility index (Phi) is 5.65. The fourth-order valence-corrected chi connectivity index (χ4v) is 4.40. The topological polar surface area (TPSA) is 15.3 Å². The minimum atomic E-state index is 0.364. The maximum atomic E-state index is 3.88. The van der Waals surface area contributed by atoms with Gasteiger partial charge in [0.25, 0.3) is 0 Å². The van der Waals surface area contributed by atoms with Gasteiger partial charge in [0.15, 0.2) is 0 Å². The number of nitrogens with zero attached hydrogens (tertiary/aromatic N) is 1. The van der Waals surface area contributed by atoms with E-state index in [-0.39, 0.29) is 0 Å². The van der Waals surface area contributed by atoms with Crippen molar-refractivity contribution >= 4 is 11.3 Å². The third-order valence-electron chi connectivity index (χ3n) is 4.90. The van der Waals surface area contributed by atoms with Gasteiger partial charge in [-0.1, -0.05) is 39.2 Å². The molecule has 1 heterocycles. The van der Waals surface area contributed by atoms with Crippen LogP contribution in [-0.2, 0) is 0 Å². The third-order valence-corrected chi connectivity index (χ3v) is 5.86. The van der Waals surface area contributed by atoms with Crippen molar-refractivity contribution in [3.8, 4) is 0 Å². The van der Waals surface area contributed by atoms with Gasteiger partial charge in [-0.3, -0.25) is 0 Å². The molecule has 1 unspecified atom stereocenters. The van der Waals surface area contributed by atoms with Crippen LogP contribution in [0.25, 0.3) is 0 Å². The second-order valence-corrected chi connectivity index (χ2v) is 7.78. The van der Waals surface area contributed by atoms with Crippen molar-refractivity contribution < 1.29 is 0 Å². The van der Waals surface area contributed by atoms with E-state index in [9.17, 15) is 0 Å². The lowest BCUT2D eigenvalue weighted by atomic mass is 9.80. The van der Waals surface area contributed by atoms with Gasteiger partial charge < -0.3 is 10.2 Å². The molecule has 0 radical (unpaired) electrons. The first-order valence-electron chi connectivity index (χ1n) is 7.99. The Bertz CT molecular complexity index is 378. The molecule has 2 nitrogen and oxygen atoms in total. The lowest BCUT2D eigenvalue weighted by Gasteiger charge is -2.44. The zero-order chi connectivity index (χ0) is 14.6. The van der Waals surface area contributed by atoms with Gasteiger partial charge in [0, 0.05) is 23.0 Å². The van der Waals surface area contributed by atoms with E-state index >= 15 is 0 Å². The van der Waals surface area contributed by atoms with Crippen molar-refractivity contribution in [2.75, 3.05) is 20.6 Å². The Morgan fingerprint density at radius 2 is 1.95 bits per heavy atom. The highest BCUT2D eigenvalue weighted by Crippen LogP contribution is 2.33. The van der Waals surface area contributed by atoms with Crippen LogP contribution in [0.15, 0.2) is 17.5 Å². The van der Waals surface area contributed by atoms with E-state index in [1.54, 1.807) is 0 Å². The minimum absolute atomic E-state index is 0.364. The fourth-order valence-electron chi connectivity index (χ4n) is 3.42. The van der Waals surface area contributed by atoms with Gasteiger partial charge in [-0.2, -0.15) is 0 Å². The SMILES string of the molecule is CC(C)C(NCC1(N(C)C)CCCCC1)c1cccs1. The average Bonchev–Trinajstić information content (AvgIpc) is 2.93. The third kappa shape index (κ3) is 3.63. The molecule has 1 fully saturated rings. The summed E-state index contributed by atoms with van der Waals surface area (Å²) in [6.07, 6.45) is 6.84. The van der Waals surface area contributed by atoms with E-state index in [0.29, 0.717) is 17.5 Å². The molecule has 1 aromatic rings. The second-order valence-electron chi connectivity index (χ2n) is 6.80. The Morgan fingerprint density at radius 3 is 2.45 bits per heavy atom. The molecule has 1 saturated carbocycles. The normalized spacial score (nSPS) is 20.5. The van der Waals surface area contributed by atoms with Crippen LogP contribution in [0.1, 0.15) is 56.9 Å². The summed E-state index contributed by atoms with van der Waals surface area (Å²) in [5.41, 5.74) is 0.364. The van der Waals surface area contributed by atoms with Crippen molar-refractivity contribution in [1.29, 1.82) is 0 Å². The second kappa shape index (κ2) is 7.06. The molecule has 1 atom stereocenters. The van der Waals surface area contributed by atoms with E-state index in [4.69, 9.17) is 0 Å². The van der Waals surface area contributed by atoms with Crippen LogP contribution < -0.4 is 5.32 Å². The quantitative estimate of drug-likeness (QED) is 0.841. The summed E-state index contributed by atoms with van der Waals surface area (Å²) in [4.78, 5) is 3.94. The van der Waals surface area contributed by atoms with E-state index in [1.165, 1.54) is 37.0 Å². The maximum Gasteiger partial charge on any atom is 0.0438 e. The Morgan fingerprint density at radius 1 is 1.25 bits per heavy atom. The van der Waals surface area contributed by atoms with Crippen molar-refractivity contribution in [3.63, 3.8) is 0 Å². The number of hydrogen-bond acceptors (Lipinski definition) is 3. The molecule has 1 N–H and O–H groups in total. The van der Waals surface area contributed by atoms with Crippen molar-refractivity contribution in [3.05, 3.63) is 22.4 Å². The smallest absolute Gasteiger partial charge is 0.0438 e. The van der Waals surface area contributed by atoms with Gasteiger partial charge in [-0.05, 0) is 44.3 Å². The number of nitrogens with one attached hydrogen (secondary N) is 1. The van der Waals surface area contributed by atoms with E-state index in [0.717, 1.165) is 6.54 Å². The van der Waals surface area contributed by atoms with Crippen LogP contribution in [0.3, 0.4) is 0 Å². The summed E-state index contributed by atoms with van der Waals surface area (Å²) in [6.45, 7) is 5.75. The summed E-state index contributed by atoms with van der Waals surface area (Å²) in [5, 5.41) is 6.07. The van der Waals surface area contributed by atoms with Gasteiger partial charge in [-0.25, -0.2) is 0 Å². The molecule has 0 aromatic carbocycles. The van der Waals surface area contributed by atoms with Crippen LogP contribution in [0.4, 0.5) is 0 Å². The van der Waals surface area contributed by atoms with Crippen LogP contribution in [-0.4, -0.2) is 31.1 Å². The predicted molar refractivity (Wildman–Crippen MR) is 89.4 cm³/mol. The Labute approximate surface area is 128 Å². The molecule has 0 amide bonds. The first kappa shape index (κ1) is 16.0. The molecular formula is C17H30N2S. The van der Waals surface area contributed by atoms with Crippen molar-refractivity contribution in [1.82, 2.24) is 10.2 Å². The largest absolute Gasteiger partial charge is 0.307 e. The molecule has 0 aliphatic heterocycles. The maximum absolute atomic E-state index is 3.88. The highest BCUT2D eigenvalue weighted by Gasteiger charge is 2.34. The standard InChI is InChI=1S/C17H30N2S/c1-14(2)16(15-9-8-12-20-15)18-13-17(19(3)4)10-6-5-7-11-17/h8-9,12,14,16,18H,5-7,10-11,13H2,1-4H3. The molecule has 1 aliphatic carbocycles. The summed E-state index contributed by atoms with van der Waals surface area (Å²) in [5.74, 6) is 0.636. The summed E-state index contributed by atoms with van der Waals surface area (Å²) >= 11 is 1.88. The number of thiophene rings is 1. The summed E-state index contributed by atoms with van der Waals surface area (Å²) in [6, 6.07) is 4.93. The van der Waals surface area contributed by atoms with E-state index in [1.807, 2.05) is 11.3 Å². The average molecular weight is 295 g/mol. The molecule has 0 spiro atoms. The molecule has 0 bridgehead atoms. The zero-order valence-corrected chi connectivity index (χ0v) is 14.3. The Hall–Kier alpha value is -0.380. The number of likely N-dealkylation sites (N-methyl/N-ethyl adjacent to an activating group) is 1. The summed E-state index contributed by atoms with van der Waals surface area (Å²) in [7, 11) is 4.51. The molecule has 20 heavy (non-hydrogen) atoms. The van der Waals surface area contributed by atoms with E-state index < -0.39 is 0 Å². The number of hydrogen-bond donors (Lipinski definition) is 1. The van der Waals surface area contributed by atoms with Gasteiger partial charge in [0.1, 0.15) is 0 Å². The van der Waals surface area contributed by atoms with Crippen LogP contribution >= 0.6 is 11.3 Å². The molecule has 1 aromatic heterocycles. The monoisotopic (exact) mass is 294 g/mol. The van der Waals surface area contributed by atoms with Crippen molar-refractivity contribution in [2.24, 2.45) is 5.92 Å². The minimum Gasteiger partial charge on any atom is -0.307 e. The number of rotatable bonds is 6. The lowest BCUT2D eigenvalue weighted by molar-refractivity contribution is 0.0929. The van der Waals surface area contributed by atoms with Gasteiger partial charge in [0.05, 0.1) is 0 Å². The fraction of sp³-hybridized carbons (Fsp3) is 0.765. The molecular weight excluding hydrogens is 264 g/mol. The van der Waals surface area contributed by atoms with Gasteiger partial charge >= 0.3 is 0 Å². The first-order valence-corrected chi connectivity index (χ1v) is 8.87. The van der Waals surface area contributed by atoms with Crippen molar-refractivity contribution in [2.45, 2.75) is 57.5 Å². The highest BCUT2D eigenvalue weighted by atomic mass is 32.1. The molecule has 3 heteroatoms. The van der Waals surface area contributed by atoms with Gasteiger partial charge in [0.2, 0.25) is 0 Å². The Balaban J connectivity index is 2.03. The molecule has 2 rings (SSSR count). The lowest BCUT2D eigenvalue weighted by Crippen LogP contribution is -2.53. The van der Waals surface area contributed by atoms with Crippen LogP contribution in [0.2, 0.25) is 0 Å². The van der Waals surface area contributed by atoms with Crippen LogP contribution in [0, 0.1) is 5.92 Å².